The Balaban J connectivity index is 1.87. The second-order valence-electron chi connectivity index (χ2n) is 9.24. The van der Waals surface area contributed by atoms with Crippen LogP contribution < -0.4 is 4.74 Å². The molecule has 7 heteroatoms. The van der Waals surface area contributed by atoms with Gasteiger partial charge in [0.2, 0.25) is 0 Å². The molecule has 0 fully saturated rings. The highest BCUT2D eigenvalue weighted by atomic mass is 16.5. The Morgan fingerprint density at radius 1 is 1.08 bits per heavy atom. The van der Waals surface area contributed by atoms with Crippen LogP contribution in [0.1, 0.15) is 31.9 Å². The maximum atomic E-state index is 13.0. The highest BCUT2D eigenvalue weighted by Crippen LogP contribution is 2.32. The number of amides is 2. The summed E-state index contributed by atoms with van der Waals surface area (Å²) in [4.78, 5) is 26.4. The minimum atomic E-state index is -0.593. The Morgan fingerprint density at radius 2 is 1.81 bits per heavy atom. The number of aromatic nitrogens is 2. The molecule has 0 atom stereocenters. The number of imide groups is 1. The molecule has 1 aliphatic rings. The number of nitrogens with zero attached hydrogens (tertiary/aromatic N) is 4. The van der Waals surface area contributed by atoms with Crippen LogP contribution in [-0.2, 0) is 9.59 Å². The molecule has 7 nitrogen and oxygen atoms in total. The molecule has 1 aromatic heterocycles. The lowest BCUT2D eigenvalue weighted by atomic mass is 9.93. The van der Waals surface area contributed by atoms with E-state index in [1.54, 1.807) is 17.7 Å². The van der Waals surface area contributed by atoms with Gasteiger partial charge in [-0.05, 0) is 67.3 Å². The van der Waals surface area contributed by atoms with Gasteiger partial charge in [-0.15, -0.1) is 0 Å². The number of likely N-dealkylation sites (N-methyl/N-ethyl adjacent to an activating group) is 1. The summed E-state index contributed by atoms with van der Waals surface area (Å²) in [5, 5.41) is 14.4. The van der Waals surface area contributed by atoms with Crippen molar-refractivity contribution in [2.75, 3.05) is 13.7 Å². The molecule has 2 aromatic carbocycles. The van der Waals surface area contributed by atoms with Crippen LogP contribution in [0.25, 0.3) is 23.0 Å². The molecule has 3 aromatic rings. The van der Waals surface area contributed by atoms with Crippen molar-refractivity contribution in [3.8, 4) is 28.8 Å². The van der Waals surface area contributed by atoms with Crippen LogP contribution in [0.3, 0.4) is 0 Å². The van der Waals surface area contributed by atoms with E-state index in [0.717, 1.165) is 27.5 Å². The van der Waals surface area contributed by atoms with E-state index in [1.807, 2.05) is 67.7 Å². The van der Waals surface area contributed by atoms with Crippen molar-refractivity contribution in [3.63, 3.8) is 0 Å². The van der Waals surface area contributed by atoms with Crippen LogP contribution in [0.5, 0.6) is 5.75 Å². The molecule has 2 heterocycles. The van der Waals surface area contributed by atoms with Crippen LogP contribution in [0, 0.1) is 24.2 Å². The van der Waals surface area contributed by atoms with Gasteiger partial charge >= 0.3 is 0 Å². The first-order chi connectivity index (χ1) is 17.2. The maximum absolute atomic E-state index is 13.0. The number of hydrogen-bond donors (Lipinski definition) is 0. The lowest BCUT2D eigenvalue weighted by molar-refractivity contribution is -0.138. The first-order valence-electron chi connectivity index (χ1n) is 11.8. The van der Waals surface area contributed by atoms with E-state index in [1.165, 1.54) is 7.05 Å². The predicted octanol–water partition coefficient (Wildman–Crippen LogP) is 5.10. The number of hydrogen-bond acceptors (Lipinski definition) is 5. The molecule has 0 saturated carbocycles. The zero-order chi connectivity index (χ0) is 26.0. The van der Waals surface area contributed by atoms with Gasteiger partial charge in [0.15, 0.2) is 0 Å². The molecule has 4 rings (SSSR count). The maximum Gasteiger partial charge on any atom is 0.271 e. The van der Waals surface area contributed by atoms with Gasteiger partial charge in [0.25, 0.3) is 11.8 Å². The van der Waals surface area contributed by atoms with Crippen molar-refractivity contribution < 1.29 is 14.3 Å². The largest absolute Gasteiger partial charge is 0.493 e. The Bertz CT molecular complexity index is 1440. The molecule has 0 aliphatic carbocycles. The van der Waals surface area contributed by atoms with Crippen molar-refractivity contribution in [2.45, 2.75) is 27.7 Å². The number of carbonyl (C=O) groups is 2. The Hall–Kier alpha value is -4.44. The van der Waals surface area contributed by atoms with E-state index in [0.29, 0.717) is 29.4 Å². The monoisotopic (exact) mass is 480 g/mol. The second kappa shape index (κ2) is 10.0. The highest BCUT2D eigenvalue weighted by molar-refractivity contribution is 6.19. The summed E-state index contributed by atoms with van der Waals surface area (Å²) in [6.45, 7) is 8.44. The Morgan fingerprint density at radius 3 is 2.44 bits per heavy atom. The Kier molecular flexibility index (Phi) is 6.89. The lowest BCUT2D eigenvalue weighted by Gasteiger charge is -2.23. The number of rotatable bonds is 6. The van der Waals surface area contributed by atoms with Crippen LogP contribution >= 0.6 is 0 Å². The molecular weight excluding hydrogens is 452 g/mol. The number of para-hydroxylation sites is 1. The molecule has 182 valence electrons. The zero-order valence-electron chi connectivity index (χ0n) is 21.1. The van der Waals surface area contributed by atoms with Crippen LogP contribution in [0.15, 0.2) is 71.4 Å². The van der Waals surface area contributed by atoms with E-state index in [4.69, 9.17) is 9.84 Å². The van der Waals surface area contributed by atoms with Gasteiger partial charge < -0.3 is 4.74 Å². The van der Waals surface area contributed by atoms with E-state index in [2.05, 4.69) is 13.8 Å². The van der Waals surface area contributed by atoms with Crippen LogP contribution in [0.2, 0.25) is 0 Å². The molecule has 36 heavy (non-hydrogen) atoms. The fraction of sp³-hybridized carbons (Fsp3) is 0.241. The summed E-state index contributed by atoms with van der Waals surface area (Å²) in [5.41, 5.74) is 4.67. The molecule has 0 saturated heterocycles. The molecule has 0 N–H and O–H groups in total. The second-order valence-corrected chi connectivity index (χ2v) is 9.24. The van der Waals surface area contributed by atoms with Crippen molar-refractivity contribution in [2.24, 2.45) is 5.92 Å². The first kappa shape index (κ1) is 24.7. The van der Waals surface area contributed by atoms with Crippen molar-refractivity contribution in [3.05, 3.63) is 82.6 Å². The molecule has 0 radical (unpaired) electrons. The molecule has 1 aliphatic heterocycles. The SMILES string of the molecule is CC1=C(C#N)C(=O)N(C)C(=O)/C1=C/c1cn(-c2ccccc2)nc1-c1ccc(OCC(C)C)c(C)c1. The standard InChI is InChI=1S/C29H28N4O3/c1-18(2)17-36-26-12-11-21(13-19(26)3)27-22(16-33(31-27)23-9-7-6-8-10-23)14-24-20(4)25(15-30)29(35)32(5)28(24)34/h6-14,16,18H,17H2,1-5H3/b24-14+. The van der Waals surface area contributed by atoms with Gasteiger partial charge in [-0.3, -0.25) is 14.5 Å². The van der Waals surface area contributed by atoms with E-state index < -0.39 is 11.8 Å². The third-order valence-corrected chi connectivity index (χ3v) is 6.03. The average molecular weight is 481 g/mol. The van der Waals surface area contributed by atoms with E-state index in [9.17, 15) is 14.9 Å². The molecule has 0 unspecified atom stereocenters. The number of benzene rings is 2. The first-order valence-corrected chi connectivity index (χ1v) is 11.8. The van der Waals surface area contributed by atoms with Gasteiger partial charge in [0.05, 0.1) is 18.0 Å². The average Bonchev–Trinajstić information content (AvgIpc) is 3.29. The Labute approximate surface area is 210 Å². The fourth-order valence-corrected chi connectivity index (χ4v) is 4.00. The lowest BCUT2D eigenvalue weighted by Crippen LogP contribution is -2.39. The van der Waals surface area contributed by atoms with E-state index in [-0.39, 0.29) is 11.1 Å². The predicted molar refractivity (Wildman–Crippen MR) is 138 cm³/mol. The van der Waals surface area contributed by atoms with Crippen LogP contribution in [0.4, 0.5) is 0 Å². The number of carbonyl (C=O) groups excluding carboxylic acids is 2. The highest BCUT2D eigenvalue weighted by Gasteiger charge is 2.33. The van der Waals surface area contributed by atoms with Crippen LogP contribution in [-0.4, -0.2) is 40.1 Å². The quantitative estimate of drug-likeness (QED) is 0.362. The summed E-state index contributed by atoms with van der Waals surface area (Å²) in [6, 6.07) is 17.5. The van der Waals surface area contributed by atoms with Gasteiger partial charge in [0.1, 0.15) is 17.4 Å². The summed E-state index contributed by atoms with van der Waals surface area (Å²) in [6.07, 6.45) is 3.55. The molecule has 2 amide bonds. The van der Waals surface area contributed by atoms with Gasteiger partial charge in [0, 0.05) is 29.9 Å². The van der Waals surface area contributed by atoms with Crippen molar-refractivity contribution in [1.29, 1.82) is 5.26 Å². The summed E-state index contributed by atoms with van der Waals surface area (Å²) >= 11 is 0. The molecule has 0 bridgehead atoms. The summed E-state index contributed by atoms with van der Waals surface area (Å²) < 4.78 is 7.69. The van der Waals surface area contributed by atoms with Crippen molar-refractivity contribution in [1.82, 2.24) is 14.7 Å². The number of nitriles is 1. The molecular formula is C29H28N4O3. The summed E-state index contributed by atoms with van der Waals surface area (Å²) in [5.74, 6) is 0.180. The van der Waals surface area contributed by atoms with Gasteiger partial charge in [-0.25, -0.2) is 4.68 Å². The smallest absolute Gasteiger partial charge is 0.271 e. The third kappa shape index (κ3) is 4.71. The fourth-order valence-electron chi connectivity index (χ4n) is 4.00. The van der Waals surface area contributed by atoms with E-state index >= 15 is 0 Å². The third-order valence-electron chi connectivity index (χ3n) is 6.03. The normalized spacial score (nSPS) is 15.1. The number of ether oxygens (including phenoxy) is 1. The zero-order valence-corrected chi connectivity index (χ0v) is 21.1. The van der Waals surface area contributed by atoms with Gasteiger partial charge in [-0.2, -0.15) is 10.4 Å². The van der Waals surface area contributed by atoms with Gasteiger partial charge in [-0.1, -0.05) is 32.0 Å². The molecule has 0 spiro atoms. The topological polar surface area (TPSA) is 88.2 Å². The summed E-state index contributed by atoms with van der Waals surface area (Å²) in [7, 11) is 1.38. The number of aryl methyl sites for hydroxylation is 1. The van der Waals surface area contributed by atoms with Crippen molar-refractivity contribution >= 4 is 17.9 Å². The minimum Gasteiger partial charge on any atom is -0.493 e. The minimum absolute atomic E-state index is 0.0390.